The summed E-state index contributed by atoms with van der Waals surface area (Å²) in [6, 6.07) is 14.3. The molecule has 0 N–H and O–H groups in total. The van der Waals surface area contributed by atoms with Gasteiger partial charge in [0.1, 0.15) is 12.4 Å². The maximum Gasteiger partial charge on any atom is 0.161 e. The number of benzene rings is 2. The van der Waals surface area contributed by atoms with Gasteiger partial charge < -0.3 is 14.0 Å². The van der Waals surface area contributed by atoms with Crippen LogP contribution in [0.5, 0.6) is 11.5 Å². The Kier molecular flexibility index (Phi) is 5.61. The Morgan fingerprint density at radius 2 is 1.96 bits per heavy atom. The maximum atomic E-state index is 6.02. The summed E-state index contributed by atoms with van der Waals surface area (Å²) >= 11 is 0. The van der Waals surface area contributed by atoms with Crippen LogP contribution in [0.15, 0.2) is 55.1 Å². The van der Waals surface area contributed by atoms with E-state index in [1.807, 2.05) is 36.4 Å². The van der Waals surface area contributed by atoms with Gasteiger partial charge in [-0.2, -0.15) is 0 Å². The lowest BCUT2D eigenvalue weighted by Gasteiger charge is -2.14. The van der Waals surface area contributed by atoms with Crippen LogP contribution in [0.1, 0.15) is 31.2 Å². The van der Waals surface area contributed by atoms with E-state index < -0.39 is 0 Å². The van der Waals surface area contributed by atoms with E-state index in [2.05, 4.69) is 37.1 Å². The molecular formula is C22H26N2O2. The standard InChI is InChI=1S/C22H26N2O2/c1-5-8-17-11-12-20(21(15-17)25-4)26-14-13-24-19-10-7-6-9-18(19)23-22(24)16(2)3/h5-7,9-12,15-16H,1,8,13-14H2,2-4H3. The van der Waals surface area contributed by atoms with E-state index in [-0.39, 0.29) is 0 Å². The molecule has 0 aliphatic carbocycles. The average Bonchev–Trinajstić information content (AvgIpc) is 3.02. The summed E-state index contributed by atoms with van der Waals surface area (Å²) in [5, 5.41) is 0. The first-order valence-electron chi connectivity index (χ1n) is 8.99. The molecule has 0 atom stereocenters. The summed E-state index contributed by atoms with van der Waals surface area (Å²) < 4.78 is 13.7. The molecule has 136 valence electrons. The number of ether oxygens (including phenoxy) is 2. The summed E-state index contributed by atoms with van der Waals surface area (Å²) in [4.78, 5) is 4.78. The van der Waals surface area contributed by atoms with Crippen molar-refractivity contribution in [3.63, 3.8) is 0 Å². The van der Waals surface area contributed by atoms with Gasteiger partial charge in [-0.3, -0.25) is 0 Å². The van der Waals surface area contributed by atoms with Crippen LogP contribution in [0.3, 0.4) is 0 Å². The molecule has 3 aromatic rings. The molecule has 0 radical (unpaired) electrons. The van der Waals surface area contributed by atoms with Crippen molar-refractivity contribution < 1.29 is 9.47 Å². The molecule has 3 rings (SSSR count). The first kappa shape index (κ1) is 18.1. The Hall–Kier alpha value is -2.75. The van der Waals surface area contributed by atoms with E-state index in [4.69, 9.17) is 14.5 Å². The number of hydrogen-bond acceptors (Lipinski definition) is 3. The molecule has 0 aliphatic rings. The molecule has 4 nitrogen and oxygen atoms in total. The largest absolute Gasteiger partial charge is 0.493 e. The smallest absolute Gasteiger partial charge is 0.161 e. The highest BCUT2D eigenvalue weighted by atomic mass is 16.5. The molecule has 4 heteroatoms. The average molecular weight is 350 g/mol. The highest BCUT2D eigenvalue weighted by Gasteiger charge is 2.13. The second-order valence-electron chi connectivity index (χ2n) is 6.59. The highest BCUT2D eigenvalue weighted by molar-refractivity contribution is 5.76. The third-order valence-electron chi connectivity index (χ3n) is 4.38. The molecular weight excluding hydrogens is 324 g/mol. The fourth-order valence-electron chi connectivity index (χ4n) is 3.14. The lowest BCUT2D eigenvalue weighted by atomic mass is 10.1. The summed E-state index contributed by atoms with van der Waals surface area (Å²) in [6.07, 6.45) is 2.70. The molecule has 26 heavy (non-hydrogen) atoms. The first-order valence-corrected chi connectivity index (χ1v) is 8.99. The minimum Gasteiger partial charge on any atom is -0.493 e. The molecule has 0 spiro atoms. The lowest BCUT2D eigenvalue weighted by molar-refractivity contribution is 0.279. The monoisotopic (exact) mass is 350 g/mol. The highest BCUT2D eigenvalue weighted by Crippen LogP contribution is 2.29. The normalized spacial score (nSPS) is 11.1. The van der Waals surface area contributed by atoms with Crippen LogP contribution < -0.4 is 9.47 Å². The van der Waals surface area contributed by atoms with Crippen molar-refractivity contribution >= 4 is 11.0 Å². The molecule has 0 unspecified atom stereocenters. The lowest BCUT2D eigenvalue weighted by Crippen LogP contribution is -2.12. The summed E-state index contributed by atoms with van der Waals surface area (Å²) in [7, 11) is 1.67. The van der Waals surface area contributed by atoms with Crippen LogP contribution in [-0.4, -0.2) is 23.3 Å². The molecule has 0 aliphatic heterocycles. The quantitative estimate of drug-likeness (QED) is 0.538. The zero-order valence-electron chi connectivity index (χ0n) is 15.7. The number of methoxy groups -OCH3 is 1. The molecule has 0 saturated carbocycles. The zero-order chi connectivity index (χ0) is 18.5. The summed E-state index contributed by atoms with van der Waals surface area (Å²) in [5.74, 6) is 2.96. The first-order chi connectivity index (χ1) is 12.6. The molecule has 2 aromatic carbocycles. The number of hydrogen-bond donors (Lipinski definition) is 0. The molecule has 0 bridgehead atoms. The molecule has 1 heterocycles. The van der Waals surface area contributed by atoms with Crippen molar-refractivity contribution in [3.8, 4) is 11.5 Å². The zero-order valence-corrected chi connectivity index (χ0v) is 15.7. The predicted molar refractivity (Wildman–Crippen MR) is 106 cm³/mol. The number of aromatic nitrogens is 2. The Labute approximate surface area is 155 Å². The van der Waals surface area contributed by atoms with Crippen molar-refractivity contribution in [2.45, 2.75) is 32.7 Å². The molecule has 0 amide bonds. The second kappa shape index (κ2) is 8.09. The Bertz CT molecular complexity index is 896. The summed E-state index contributed by atoms with van der Waals surface area (Å²) in [6.45, 7) is 9.41. The number of para-hydroxylation sites is 2. The Balaban J connectivity index is 1.77. The number of imidazole rings is 1. The van der Waals surface area contributed by atoms with E-state index in [1.54, 1.807) is 7.11 Å². The van der Waals surface area contributed by atoms with E-state index in [1.165, 1.54) is 0 Å². The van der Waals surface area contributed by atoms with Gasteiger partial charge in [0.15, 0.2) is 11.5 Å². The SMILES string of the molecule is C=CCc1ccc(OCCn2c(C(C)C)nc3ccccc32)c(OC)c1. The van der Waals surface area contributed by atoms with Gasteiger partial charge in [-0.05, 0) is 36.2 Å². The van der Waals surface area contributed by atoms with Crippen molar-refractivity contribution in [2.75, 3.05) is 13.7 Å². The van der Waals surface area contributed by atoms with Crippen LogP contribution in [0, 0.1) is 0 Å². The van der Waals surface area contributed by atoms with E-state index in [9.17, 15) is 0 Å². The van der Waals surface area contributed by atoms with Crippen LogP contribution in [0.2, 0.25) is 0 Å². The summed E-state index contributed by atoms with van der Waals surface area (Å²) in [5.41, 5.74) is 3.34. The fraction of sp³-hybridized carbons (Fsp3) is 0.318. The van der Waals surface area contributed by atoms with Gasteiger partial charge in [0.05, 0.1) is 24.7 Å². The van der Waals surface area contributed by atoms with E-state index in [0.29, 0.717) is 12.5 Å². The van der Waals surface area contributed by atoms with Gasteiger partial charge in [0.2, 0.25) is 0 Å². The second-order valence-corrected chi connectivity index (χ2v) is 6.59. The van der Waals surface area contributed by atoms with Crippen LogP contribution in [-0.2, 0) is 13.0 Å². The number of rotatable bonds is 8. The Morgan fingerprint density at radius 3 is 2.69 bits per heavy atom. The number of nitrogens with zero attached hydrogens (tertiary/aromatic N) is 2. The van der Waals surface area contributed by atoms with Crippen molar-refractivity contribution in [1.82, 2.24) is 9.55 Å². The van der Waals surface area contributed by atoms with Crippen molar-refractivity contribution in [1.29, 1.82) is 0 Å². The number of fused-ring (bicyclic) bond motifs is 1. The third kappa shape index (κ3) is 3.74. The van der Waals surface area contributed by atoms with Gasteiger partial charge in [0.25, 0.3) is 0 Å². The van der Waals surface area contributed by atoms with Gasteiger partial charge in [-0.1, -0.05) is 38.1 Å². The molecule has 0 fully saturated rings. The van der Waals surface area contributed by atoms with E-state index in [0.717, 1.165) is 46.9 Å². The van der Waals surface area contributed by atoms with Crippen LogP contribution in [0.4, 0.5) is 0 Å². The molecule has 1 aromatic heterocycles. The fourth-order valence-corrected chi connectivity index (χ4v) is 3.14. The van der Waals surface area contributed by atoms with Crippen molar-refractivity contribution in [3.05, 3.63) is 66.5 Å². The number of allylic oxidation sites excluding steroid dienone is 1. The van der Waals surface area contributed by atoms with Crippen molar-refractivity contribution in [2.24, 2.45) is 0 Å². The van der Waals surface area contributed by atoms with Gasteiger partial charge in [-0.15, -0.1) is 6.58 Å². The predicted octanol–water partition coefficient (Wildman–Crippen LogP) is 4.98. The maximum absolute atomic E-state index is 6.02. The minimum absolute atomic E-state index is 0.357. The Morgan fingerprint density at radius 1 is 1.15 bits per heavy atom. The van der Waals surface area contributed by atoms with Crippen LogP contribution >= 0.6 is 0 Å². The molecule has 0 saturated heterocycles. The topological polar surface area (TPSA) is 36.3 Å². The van der Waals surface area contributed by atoms with Gasteiger partial charge in [-0.25, -0.2) is 4.98 Å². The minimum atomic E-state index is 0.357. The van der Waals surface area contributed by atoms with Gasteiger partial charge >= 0.3 is 0 Å². The van der Waals surface area contributed by atoms with Crippen LogP contribution in [0.25, 0.3) is 11.0 Å². The third-order valence-corrected chi connectivity index (χ3v) is 4.38. The van der Waals surface area contributed by atoms with Gasteiger partial charge in [0, 0.05) is 5.92 Å². The van der Waals surface area contributed by atoms with E-state index >= 15 is 0 Å².